The molecule has 25 heavy (non-hydrogen) atoms. The molecule has 4 aliphatic carbocycles. The predicted molar refractivity (Wildman–Crippen MR) is 104 cm³/mol. The lowest BCUT2D eigenvalue weighted by Crippen LogP contribution is -2.49. The van der Waals surface area contributed by atoms with E-state index in [0.29, 0.717) is 11.4 Å². The van der Waals surface area contributed by atoms with Gasteiger partial charge in [0, 0.05) is 4.75 Å². The molecule has 4 saturated carbocycles. The summed E-state index contributed by atoms with van der Waals surface area (Å²) in [7, 11) is 0. The van der Waals surface area contributed by atoms with Gasteiger partial charge < -0.3 is 10.1 Å². The number of benzene rings is 1. The van der Waals surface area contributed by atoms with Crippen molar-refractivity contribution in [1.29, 1.82) is 0 Å². The quantitative estimate of drug-likeness (QED) is 0.766. The van der Waals surface area contributed by atoms with E-state index in [1.165, 1.54) is 38.5 Å². The summed E-state index contributed by atoms with van der Waals surface area (Å²) >= 11 is 1.95. The van der Waals surface area contributed by atoms with Crippen LogP contribution in [0.2, 0.25) is 0 Å². The second kappa shape index (κ2) is 6.86. The van der Waals surface area contributed by atoms with Gasteiger partial charge in [0.15, 0.2) is 0 Å². The van der Waals surface area contributed by atoms with E-state index in [1.54, 1.807) is 0 Å². The molecule has 0 aliphatic heterocycles. The van der Waals surface area contributed by atoms with Crippen LogP contribution in [-0.2, 0) is 4.79 Å². The average Bonchev–Trinajstić information content (AvgIpc) is 2.55. The highest BCUT2D eigenvalue weighted by Gasteiger charge is 2.52. The van der Waals surface area contributed by atoms with E-state index in [1.807, 2.05) is 43.0 Å². The lowest BCUT2D eigenvalue weighted by atomic mass is 9.56. The van der Waals surface area contributed by atoms with Crippen molar-refractivity contribution in [2.75, 3.05) is 11.9 Å². The number of rotatable bonds is 6. The zero-order valence-corrected chi connectivity index (χ0v) is 16.1. The molecule has 1 aromatic rings. The minimum Gasteiger partial charge on any atom is -0.492 e. The molecule has 0 unspecified atom stereocenters. The van der Waals surface area contributed by atoms with E-state index >= 15 is 0 Å². The number of para-hydroxylation sites is 2. The molecule has 5 rings (SSSR count). The highest BCUT2D eigenvalue weighted by atomic mass is 32.2. The van der Waals surface area contributed by atoms with Crippen molar-refractivity contribution in [3.05, 3.63) is 24.3 Å². The number of hydrogen-bond acceptors (Lipinski definition) is 3. The maximum Gasteiger partial charge on any atom is 0.237 e. The van der Waals surface area contributed by atoms with Gasteiger partial charge in [-0.2, -0.15) is 0 Å². The first kappa shape index (κ1) is 17.3. The van der Waals surface area contributed by atoms with Gasteiger partial charge in [-0.15, -0.1) is 11.8 Å². The fourth-order valence-electron chi connectivity index (χ4n) is 5.69. The van der Waals surface area contributed by atoms with Crippen LogP contribution in [0, 0.1) is 17.8 Å². The van der Waals surface area contributed by atoms with Gasteiger partial charge in [-0.1, -0.05) is 12.1 Å². The Balaban J connectivity index is 1.41. The van der Waals surface area contributed by atoms with Gasteiger partial charge in [0.1, 0.15) is 5.75 Å². The van der Waals surface area contributed by atoms with E-state index in [2.05, 4.69) is 12.2 Å². The van der Waals surface area contributed by atoms with Gasteiger partial charge in [-0.25, -0.2) is 0 Å². The zero-order valence-electron chi connectivity index (χ0n) is 15.3. The number of hydrogen-bond donors (Lipinski definition) is 1. The molecule has 3 nitrogen and oxygen atoms in total. The third kappa shape index (κ3) is 3.55. The number of anilines is 1. The summed E-state index contributed by atoms with van der Waals surface area (Å²) in [6, 6.07) is 7.71. The molecule has 0 spiro atoms. The molecule has 136 valence electrons. The Labute approximate surface area is 155 Å². The van der Waals surface area contributed by atoms with Gasteiger partial charge in [0.05, 0.1) is 17.5 Å². The summed E-state index contributed by atoms with van der Waals surface area (Å²) in [5, 5.41) is 3.07. The molecule has 0 aromatic heterocycles. The summed E-state index contributed by atoms with van der Waals surface area (Å²) in [5.74, 6) is 3.63. The Morgan fingerprint density at radius 1 is 1.20 bits per heavy atom. The number of nitrogens with one attached hydrogen (secondary N) is 1. The van der Waals surface area contributed by atoms with Crippen LogP contribution in [0.5, 0.6) is 5.75 Å². The minimum absolute atomic E-state index is 0.0223. The Morgan fingerprint density at radius 3 is 2.40 bits per heavy atom. The van der Waals surface area contributed by atoms with Gasteiger partial charge in [0.25, 0.3) is 0 Å². The van der Waals surface area contributed by atoms with Crippen molar-refractivity contribution in [3.8, 4) is 5.75 Å². The molecule has 4 heteroatoms. The average molecular weight is 360 g/mol. The fourth-order valence-corrected chi connectivity index (χ4v) is 7.60. The van der Waals surface area contributed by atoms with Crippen molar-refractivity contribution < 1.29 is 9.53 Å². The summed E-state index contributed by atoms with van der Waals surface area (Å²) in [4.78, 5) is 12.8. The predicted octanol–water partition coefficient (Wildman–Crippen LogP) is 5.11. The lowest BCUT2D eigenvalue weighted by molar-refractivity contribution is -0.115. The standard InChI is InChI=1S/C21H29NO2S/c1-3-24-19-7-5-4-6-18(19)22-20(23)14(2)25-21-11-15-8-16(12-21)10-17(9-15)13-21/h4-7,14-17H,3,8-13H2,1-2H3,(H,22,23)/t14-,15?,16?,17?,21?/m1/s1. The summed E-state index contributed by atoms with van der Waals surface area (Å²) in [5.41, 5.74) is 0.785. The van der Waals surface area contributed by atoms with Crippen molar-refractivity contribution in [1.82, 2.24) is 0 Å². The molecular formula is C21H29NO2S. The highest BCUT2D eigenvalue weighted by molar-refractivity contribution is 8.01. The summed E-state index contributed by atoms with van der Waals surface area (Å²) in [6.45, 7) is 4.64. The lowest BCUT2D eigenvalue weighted by Gasteiger charge is -2.57. The first-order chi connectivity index (χ1) is 12.1. The maximum atomic E-state index is 12.8. The van der Waals surface area contributed by atoms with Gasteiger partial charge in [-0.05, 0) is 82.3 Å². The van der Waals surface area contributed by atoms with Crippen LogP contribution in [0.3, 0.4) is 0 Å². The number of ether oxygens (including phenoxy) is 1. The largest absolute Gasteiger partial charge is 0.492 e. The topological polar surface area (TPSA) is 38.3 Å². The van der Waals surface area contributed by atoms with E-state index in [-0.39, 0.29) is 11.2 Å². The van der Waals surface area contributed by atoms with Crippen molar-refractivity contribution in [2.45, 2.75) is 62.4 Å². The molecule has 4 bridgehead atoms. The molecular weight excluding hydrogens is 330 g/mol. The third-order valence-corrected chi connectivity index (χ3v) is 7.79. The molecule has 1 amide bonds. The number of carbonyl (C=O) groups excluding carboxylic acids is 1. The number of thioether (sulfide) groups is 1. The smallest absolute Gasteiger partial charge is 0.237 e. The molecule has 4 fully saturated rings. The molecule has 1 N–H and O–H groups in total. The van der Waals surface area contributed by atoms with Gasteiger partial charge in [0.2, 0.25) is 5.91 Å². The van der Waals surface area contributed by atoms with Crippen molar-refractivity contribution >= 4 is 23.4 Å². The van der Waals surface area contributed by atoms with E-state index in [4.69, 9.17) is 4.74 Å². The monoisotopic (exact) mass is 359 g/mol. The van der Waals surface area contributed by atoms with E-state index in [0.717, 1.165) is 29.2 Å². The normalized spacial score (nSPS) is 33.9. The Hall–Kier alpha value is -1.16. The second-order valence-corrected chi connectivity index (χ2v) is 10.1. The van der Waals surface area contributed by atoms with Crippen LogP contribution < -0.4 is 10.1 Å². The van der Waals surface area contributed by atoms with Gasteiger partial charge >= 0.3 is 0 Å². The van der Waals surface area contributed by atoms with Crippen LogP contribution in [-0.4, -0.2) is 22.5 Å². The van der Waals surface area contributed by atoms with E-state index < -0.39 is 0 Å². The Bertz CT molecular complexity index is 609. The van der Waals surface area contributed by atoms with Crippen LogP contribution in [0.25, 0.3) is 0 Å². The van der Waals surface area contributed by atoms with Crippen LogP contribution in [0.4, 0.5) is 5.69 Å². The molecule has 4 aliphatic rings. The fraction of sp³-hybridized carbons (Fsp3) is 0.667. The second-order valence-electron chi connectivity index (χ2n) is 8.28. The number of amides is 1. The SMILES string of the molecule is CCOc1ccccc1NC(=O)[C@@H](C)SC12CC3CC(CC(C3)C1)C2. The van der Waals surface area contributed by atoms with Crippen LogP contribution in [0.1, 0.15) is 52.4 Å². The maximum absolute atomic E-state index is 12.8. The molecule has 1 aromatic carbocycles. The van der Waals surface area contributed by atoms with Gasteiger partial charge in [-0.3, -0.25) is 4.79 Å². The van der Waals surface area contributed by atoms with Crippen molar-refractivity contribution in [3.63, 3.8) is 0 Å². The minimum atomic E-state index is -0.0223. The molecule has 0 heterocycles. The number of carbonyl (C=O) groups is 1. The van der Waals surface area contributed by atoms with Crippen molar-refractivity contribution in [2.24, 2.45) is 17.8 Å². The molecule has 1 atom stereocenters. The molecule has 0 radical (unpaired) electrons. The first-order valence-corrected chi connectivity index (χ1v) is 10.7. The summed E-state index contributed by atoms with van der Waals surface area (Å²) in [6.07, 6.45) is 8.33. The van der Waals surface area contributed by atoms with Crippen LogP contribution in [0.15, 0.2) is 24.3 Å². The molecule has 0 saturated heterocycles. The Kier molecular flexibility index (Phi) is 4.74. The summed E-state index contributed by atoms with van der Waals surface area (Å²) < 4.78 is 6.00. The highest BCUT2D eigenvalue weighted by Crippen LogP contribution is 2.61. The van der Waals surface area contributed by atoms with E-state index in [9.17, 15) is 4.79 Å². The first-order valence-electron chi connectivity index (χ1n) is 9.77. The van der Waals surface area contributed by atoms with Crippen LogP contribution >= 0.6 is 11.8 Å². The third-order valence-electron chi connectivity index (χ3n) is 6.22. The zero-order chi connectivity index (χ0) is 17.4. The Morgan fingerprint density at radius 2 is 1.80 bits per heavy atom.